The van der Waals surface area contributed by atoms with Gasteiger partial charge in [-0.3, -0.25) is 4.79 Å². The summed E-state index contributed by atoms with van der Waals surface area (Å²) >= 11 is 0. The minimum Gasteiger partial charge on any atom is -0.367 e. The molecule has 1 atom stereocenters. The second kappa shape index (κ2) is 3.97. The maximum Gasteiger partial charge on any atom is 0.257 e. The minimum absolute atomic E-state index is 0.00375. The molecule has 0 aliphatic carbocycles. The molecule has 1 aliphatic heterocycles. The van der Waals surface area contributed by atoms with Gasteiger partial charge in [-0.15, -0.1) is 0 Å². The molecule has 0 spiro atoms. The highest BCUT2D eigenvalue weighted by Crippen LogP contribution is 2.29. The number of carbonyl (C=O) groups excluding carboxylic acids is 1. The number of primary amides is 1. The molecule has 7 heteroatoms. The van der Waals surface area contributed by atoms with Crippen LogP contribution < -0.4 is 10.6 Å². The number of nitrogens with two attached hydrogens (primary N) is 1. The zero-order valence-corrected chi connectivity index (χ0v) is 8.93. The number of hydrogen-bond acceptors (Lipinski definition) is 5. The van der Waals surface area contributed by atoms with Crippen LogP contribution in [0.2, 0.25) is 0 Å². The van der Waals surface area contributed by atoms with Gasteiger partial charge in [-0.2, -0.15) is 5.26 Å². The van der Waals surface area contributed by atoms with Crippen molar-refractivity contribution in [2.75, 3.05) is 18.0 Å². The van der Waals surface area contributed by atoms with E-state index in [1.807, 2.05) is 6.07 Å². The van der Waals surface area contributed by atoms with E-state index in [9.17, 15) is 9.18 Å². The highest BCUT2D eigenvalue weighted by molar-refractivity contribution is 5.85. The molecular formula is C10H10FN5O. The maximum absolute atomic E-state index is 14.0. The summed E-state index contributed by atoms with van der Waals surface area (Å²) in [6, 6.07) is 1.88. The van der Waals surface area contributed by atoms with Crippen LogP contribution in [0, 0.1) is 11.3 Å². The van der Waals surface area contributed by atoms with Gasteiger partial charge >= 0.3 is 0 Å². The van der Waals surface area contributed by atoms with Crippen LogP contribution in [-0.2, 0) is 4.79 Å². The highest BCUT2D eigenvalue weighted by atomic mass is 19.1. The quantitative estimate of drug-likeness (QED) is 0.762. The van der Waals surface area contributed by atoms with E-state index < -0.39 is 11.6 Å². The van der Waals surface area contributed by atoms with E-state index in [-0.39, 0.29) is 31.0 Å². The van der Waals surface area contributed by atoms with Gasteiger partial charge in [-0.1, -0.05) is 0 Å². The van der Waals surface area contributed by atoms with Crippen LogP contribution in [0.25, 0.3) is 0 Å². The molecule has 1 aromatic rings. The first-order chi connectivity index (χ1) is 8.07. The number of carbonyl (C=O) groups is 1. The Morgan fingerprint density at radius 2 is 2.29 bits per heavy atom. The van der Waals surface area contributed by atoms with Crippen molar-refractivity contribution in [3.05, 3.63) is 18.1 Å². The van der Waals surface area contributed by atoms with E-state index >= 15 is 0 Å². The van der Waals surface area contributed by atoms with Gasteiger partial charge in [-0.25, -0.2) is 14.4 Å². The van der Waals surface area contributed by atoms with Crippen LogP contribution in [-0.4, -0.2) is 34.6 Å². The zero-order chi connectivity index (χ0) is 12.5. The first kappa shape index (κ1) is 11.3. The maximum atomic E-state index is 14.0. The zero-order valence-electron chi connectivity index (χ0n) is 8.93. The summed E-state index contributed by atoms with van der Waals surface area (Å²) in [6.07, 6.45) is 2.80. The number of nitrogens with zero attached hydrogens (tertiary/aromatic N) is 4. The number of aromatic nitrogens is 2. The monoisotopic (exact) mass is 235 g/mol. The Labute approximate surface area is 96.9 Å². The van der Waals surface area contributed by atoms with Gasteiger partial charge in [0.05, 0.1) is 6.54 Å². The van der Waals surface area contributed by atoms with Crippen molar-refractivity contribution in [3.63, 3.8) is 0 Å². The summed E-state index contributed by atoms with van der Waals surface area (Å²) in [7, 11) is 0. The molecule has 2 N–H and O–H groups in total. The SMILES string of the molecule is N#Cc1nccnc1N1CCC(F)(C(N)=O)C1. The van der Waals surface area contributed by atoms with Crippen molar-refractivity contribution in [2.24, 2.45) is 5.73 Å². The lowest BCUT2D eigenvalue weighted by atomic mass is 10.1. The number of amides is 1. The third-order valence-corrected chi connectivity index (χ3v) is 2.75. The summed E-state index contributed by atoms with van der Waals surface area (Å²) in [5, 5.41) is 8.85. The normalized spacial score (nSPS) is 23.4. The summed E-state index contributed by atoms with van der Waals surface area (Å²) in [6.45, 7) is 0.0997. The Morgan fingerprint density at radius 3 is 2.88 bits per heavy atom. The number of anilines is 1. The van der Waals surface area contributed by atoms with Crippen molar-refractivity contribution in [1.82, 2.24) is 9.97 Å². The van der Waals surface area contributed by atoms with Crippen molar-refractivity contribution in [1.29, 1.82) is 5.26 Å². The Bertz CT molecular complexity index is 500. The lowest BCUT2D eigenvalue weighted by Gasteiger charge is -2.19. The standard InChI is InChI=1S/C10H10FN5O/c11-10(9(13)17)1-4-16(6-10)8-7(5-12)14-2-3-15-8/h2-3H,1,4,6H2,(H2,13,17). The van der Waals surface area contributed by atoms with Gasteiger partial charge in [0.2, 0.25) is 5.67 Å². The molecule has 1 aromatic heterocycles. The third-order valence-electron chi connectivity index (χ3n) is 2.75. The average Bonchev–Trinajstić information content (AvgIpc) is 2.73. The molecule has 17 heavy (non-hydrogen) atoms. The van der Waals surface area contributed by atoms with Gasteiger partial charge in [0, 0.05) is 25.4 Å². The lowest BCUT2D eigenvalue weighted by Crippen LogP contribution is -2.42. The second-order valence-electron chi connectivity index (χ2n) is 3.84. The number of alkyl halides is 1. The lowest BCUT2D eigenvalue weighted by molar-refractivity contribution is -0.128. The van der Waals surface area contributed by atoms with Crippen LogP contribution in [0.3, 0.4) is 0 Å². The molecule has 88 valence electrons. The largest absolute Gasteiger partial charge is 0.367 e. The molecule has 2 rings (SSSR count). The molecule has 0 aromatic carbocycles. The van der Waals surface area contributed by atoms with Crippen molar-refractivity contribution in [3.8, 4) is 6.07 Å². The number of hydrogen-bond donors (Lipinski definition) is 1. The van der Waals surface area contributed by atoms with E-state index in [1.165, 1.54) is 17.3 Å². The molecule has 1 amide bonds. The molecule has 6 nitrogen and oxygen atoms in total. The molecule has 1 unspecified atom stereocenters. The topological polar surface area (TPSA) is 95.9 Å². The average molecular weight is 235 g/mol. The molecule has 0 saturated carbocycles. The predicted octanol–water partition coefficient (Wildman–Crippen LogP) is -0.248. The molecular weight excluding hydrogens is 225 g/mol. The molecule has 0 radical (unpaired) electrons. The summed E-state index contributed by atoms with van der Waals surface area (Å²) < 4.78 is 14.0. The van der Waals surface area contributed by atoms with Gasteiger partial charge in [0.15, 0.2) is 11.5 Å². The van der Waals surface area contributed by atoms with E-state index in [0.717, 1.165) is 0 Å². The third kappa shape index (κ3) is 1.89. The van der Waals surface area contributed by atoms with E-state index in [2.05, 4.69) is 9.97 Å². The molecule has 1 aliphatic rings. The molecule has 1 saturated heterocycles. The highest BCUT2D eigenvalue weighted by Gasteiger charge is 2.44. The summed E-state index contributed by atoms with van der Waals surface area (Å²) in [4.78, 5) is 20.3. The number of halogens is 1. The predicted molar refractivity (Wildman–Crippen MR) is 56.6 cm³/mol. The number of nitriles is 1. The second-order valence-corrected chi connectivity index (χ2v) is 3.84. The van der Waals surface area contributed by atoms with E-state index in [0.29, 0.717) is 0 Å². The summed E-state index contributed by atoms with van der Waals surface area (Å²) in [5.41, 5.74) is 3.06. The molecule has 1 fully saturated rings. The van der Waals surface area contributed by atoms with Crippen LogP contribution in [0.4, 0.5) is 10.2 Å². The fourth-order valence-electron chi connectivity index (χ4n) is 1.80. The Morgan fingerprint density at radius 1 is 1.59 bits per heavy atom. The van der Waals surface area contributed by atoms with Gasteiger partial charge in [-0.05, 0) is 0 Å². The van der Waals surface area contributed by atoms with Crippen molar-refractivity contribution >= 4 is 11.7 Å². The van der Waals surface area contributed by atoms with Gasteiger partial charge in [0.1, 0.15) is 6.07 Å². The fraction of sp³-hybridized carbons (Fsp3) is 0.400. The number of rotatable bonds is 2. The first-order valence-corrected chi connectivity index (χ1v) is 5.02. The van der Waals surface area contributed by atoms with Crippen molar-refractivity contribution in [2.45, 2.75) is 12.1 Å². The Balaban J connectivity index is 2.27. The molecule has 2 heterocycles. The van der Waals surface area contributed by atoms with Crippen LogP contribution in [0.5, 0.6) is 0 Å². The van der Waals surface area contributed by atoms with Gasteiger partial charge < -0.3 is 10.6 Å². The Hall–Kier alpha value is -2.23. The minimum atomic E-state index is -2.05. The van der Waals surface area contributed by atoms with Crippen LogP contribution in [0.1, 0.15) is 12.1 Å². The van der Waals surface area contributed by atoms with Crippen molar-refractivity contribution < 1.29 is 9.18 Å². The smallest absolute Gasteiger partial charge is 0.257 e. The van der Waals surface area contributed by atoms with E-state index in [4.69, 9.17) is 11.0 Å². The van der Waals surface area contributed by atoms with Crippen LogP contribution >= 0.6 is 0 Å². The summed E-state index contributed by atoms with van der Waals surface area (Å²) in [5.74, 6) is -0.696. The fourth-order valence-corrected chi connectivity index (χ4v) is 1.80. The molecule has 0 bridgehead atoms. The first-order valence-electron chi connectivity index (χ1n) is 5.02. The van der Waals surface area contributed by atoms with Gasteiger partial charge in [0.25, 0.3) is 5.91 Å². The van der Waals surface area contributed by atoms with Crippen LogP contribution in [0.15, 0.2) is 12.4 Å². The Kier molecular flexibility index (Phi) is 2.63. The van der Waals surface area contributed by atoms with E-state index in [1.54, 1.807) is 0 Å².